The van der Waals surface area contributed by atoms with Crippen molar-refractivity contribution in [3.8, 4) is 0 Å². The highest BCUT2D eigenvalue weighted by Crippen LogP contribution is 2.37. The number of anilines is 1. The SMILES string of the molecule is C=NN(C)/C=C(\C)c1cc2c(cc1C(F)F)N(C(C)C)CCC2. The summed E-state index contributed by atoms with van der Waals surface area (Å²) in [5.41, 5.74) is 3.54. The Labute approximate surface area is 137 Å². The number of halogens is 2. The van der Waals surface area contributed by atoms with E-state index in [1.807, 2.05) is 13.0 Å². The van der Waals surface area contributed by atoms with Crippen molar-refractivity contribution in [3.05, 3.63) is 35.0 Å². The summed E-state index contributed by atoms with van der Waals surface area (Å²) in [5, 5.41) is 5.29. The monoisotopic (exact) mass is 321 g/mol. The van der Waals surface area contributed by atoms with E-state index in [0.29, 0.717) is 11.6 Å². The Hall–Kier alpha value is -1.91. The molecule has 126 valence electrons. The highest BCUT2D eigenvalue weighted by Gasteiger charge is 2.24. The minimum atomic E-state index is -2.50. The Balaban J connectivity index is 2.56. The lowest BCUT2D eigenvalue weighted by atomic mass is 9.92. The standard InChI is InChI=1S/C18H25F2N3/c1-12(2)23-8-6-7-14-9-15(13(3)11-22(5)21-4)16(18(19)20)10-17(14)23/h9-12,18H,4,6-8H2,1-3,5H3/b13-11+. The number of benzene rings is 1. The second kappa shape index (κ2) is 7.11. The van der Waals surface area contributed by atoms with Crippen molar-refractivity contribution in [1.29, 1.82) is 0 Å². The minimum Gasteiger partial charge on any atom is -0.369 e. The van der Waals surface area contributed by atoms with Crippen molar-refractivity contribution in [2.45, 2.75) is 46.1 Å². The van der Waals surface area contributed by atoms with Crippen LogP contribution in [0.15, 0.2) is 23.4 Å². The number of rotatable bonds is 5. The minimum absolute atomic E-state index is 0.0857. The molecule has 1 aromatic carbocycles. The average Bonchev–Trinajstić information content (AvgIpc) is 2.52. The van der Waals surface area contributed by atoms with Crippen LogP contribution in [0.4, 0.5) is 14.5 Å². The summed E-state index contributed by atoms with van der Waals surface area (Å²) in [6.07, 6.45) is 1.20. The predicted octanol–water partition coefficient (Wildman–Crippen LogP) is 4.69. The van der Waals surface area contributed by atoms with Crippen LogP contribution in [-0.2, 0) is 6.42 Å². The van der Waals surface area contributed by atoms with Gasteiger partial charge in [-0.2, -0.15) is 5.10 Å². The third-order valence-corrected chi connectivity index (χ3v) is 4.29. The summed E-state index contributed by atoms with van der Waals surface area (Å²) in [7, 11) is 1.73. The zero-order chi connectivity index (χ0) is 17.1. The Bertz CT molecular complexity index is 609. The summed E-state index contributed by atoms with van der Waals surface area (Å²) in [6.45, 7) is 10.4. The van der Waals surface area contributed by atoms with E-state index in [1.165, 1.54) is 5.01 Å². The number of fused-ring (bicyclic) bond motifs is 1. The van der Waals surface area contributed by atoms with Crippen molar-refractivity contribution in [2.75, 3.05) is 18.5 Å². The molecule has 0 N–H and O–H groups in total. The second-order valence-electron chi connectivity index (χ2n) is 6.29. The molecule has 1 aliphatic rings. The van der Waals surface area contributed by atoms with Crippen LogP contribution in [0, 0.1) is 0 Å². The number of hydrogen-bond acceptors (Lipinski definition) is 3. The van der Waals surface area contributed by atoms with E-state index >= 15 is 0 Å². The van der Waals surface area contributed by atoms with Crippen molar-refractivity contribution in [2.24, 2.45) is 5.10 Å². The van der Waals surface area contributed by atoms with Gasteiger partial charge in [0.1, 0.15) is 0 Å². The third kappa shape index (κ3) is 3.71. The van der Waals surface area contributed by atoms with Gasteiger partial charge in [-0.1, -0.05) is 0 Å². The predicted molar refractivity (Wildman–Crippen MR) is 93.2 cm³/mol. The van der Waals surface area contributed by atoms with E-state index in [0.717, 1.165) is 36.2 Å². The molecule has 5 heteroatoms. The molecule has 2 rings (SSSR count). The average molecular weight is 321 g/mol. The lowest BCUT2D eigenvalue weighted by Gasteiger charge is -2.35. The maximum atomic E-state index is 13.6. The highest BCUT2D eigenvalue weighted by molar-refractivity contribution is 5.72. The molecule has 0 unspecified atom stereocenters. The number of allylic oxidation sites excluding steroid dienone is 1. The summed E-state index contributed by atoms with van der Waals surface area (Å²) in [5.74, 6) is 0. The molecule has 0 radical (unpaired) electrons. The molecule has 3 nitrogen and oxygen atoms in total. The topological polar surface area (TPSA) is 18.8 Å². The van der Waals surface area contributed by atoms with Crippen LogP contribution in [-0.4, -0.2) is 31.4 Å². The molecule has 1 aromatic rings. The van der Waals surface area contributed by atoms with Gasteiger partial charge in [0, 0.05) is 43.8 Å². The lowest BCUT2D eigenvalue weighted by Crippen LogP contribution is -2.35. The van der Waals surface area contributed by atoms with Crippen LogP contribution >= 0.6 is 0 Å². The number of hydrazone groups is 1. The van der Waals surface area contributed by atoms with E-state index in [-0.39, 0.29) is 5.56 Å². The molecule has 0 fully saturated rings. The van der Waals surface area contributed by atoms with Crippen LogP contribution in [0.3, 0.4) is 0 Å². The number of hydrogen-bond donors (Lipinski definition) is 0. The molecule has 23 heavy (non-hydrogen) atoms. The summed E-state index contributed by atoms with van der Waals surface area (Å²) in [4.78, 5) is 2.21. The largest absolute Gasteiger partial charge is 0.369 e. The molecular weight excluding hydrogens is 296 g/mol. The second-order valence-corrected chi connectivity index (χ2v) is 6.29. The van der Waals surface area contributed by atoms with E-state index < -0.39 is 6.43 Å². The molecule has 0 saturated heterocycles. The van der Waals surface area contributed by atoms with E-state index in [9.17, 15) is 8.78 Å². The van der Waals surface area contributed by atoms with Gasteiger partial charge in [-0.25, -0.2) is 8.78 Å². The first-order chi connectivity index (χ1) is 10.8. The van der Waals surface area contributed by atoms with Crippen molar-refractivity contribution in [3.63, 3.8) is 0 Å². The molecular formula is C18H25F2N3. The fourth-order valence-corrected chi connectivity index (χ4v) is 3.13. The quantitative estimate of drug-likeness (QED) is 0.578. The maximum Gasteiger partial charge on any atom is 0.264 e. The summed E-state index contributed by atoms with van der Waals surface area (Å²) < 4.78 is 27.2. The molecule has 1 heterocycles. The summed E-state index contributed by atoms with van der Waals surface area (Å²) >= 11 is 0. The zero-order valence-electron chi connectivity index (χ0n) is 14.3. The van der Waals surface area contributed by atoms with Gasteiger partial charge in [0.25, 0.3) is 6.43 Å². The Kier molecular flexibility index (Phi) is 5.39. The lowest BCUT2D eigenvalue weighted by molar-refractivity contribution is 0.151. The zero-order valence-corrected chi connectivity index (χ0v) is 14.3. The van der Waals surface area contributed by atoms with Gasteiger partial charge < -0.3 is 4.90 Å². The first-order valence-electron chi connectivity index (χ1n) is 7.95. The fourth-order valence-electron chi connectivity index (χ4n) is 3.13. The maximum absolute atomic E-state index is 13.6. The summed E-state index contributed by atoms with van der Waals surface area (Å²) in [6, 6.07) is 3.90. The van der Waals surface area contributed by atoms with Gasteiger partial charge in [-0.3, -0.25) is 5.01 Å². The van der Waals surface area contributed by atoms with E-state index in [4.69, 9.17) is 0 Å². The van der Waals surface area contributed by atoms with Gasteiger partial charge in [0.15, 0.2) is 0 Å². The molecule has 0 aliphatic carbocycles. The molecule has 0 atom stereocenters. The third-order valence-electron chi connectivity index (χ3n) is 4.29. The van der Waals surface area contributed by atoms with Gasteiger partial charge in [-0.15, -0.1) is 0 Å². The van der Waals surface area contributed by atoms with Crippen molar-refractivity contribution < 1.29 is 8.78 Å². The molecule has 0 saturated carbocycles. The van der Waals surface area contributed by atoms with Crippen molar-refractivity contribution in [1.82, 2.24) is 5.01 Å². The fraction of sp³-hybridized carbons (Fsp3) is 0.500. The smallest absolute Gasteiger partial charge is 0.264 e. The Morgan fingerprint density at radius 2 is 2.09 bits per heavy atom. The van der Waals surface area contributed by atoms with Crippen LogP contribution in [0.2, 0.25) is 0 Å². The molecule has 0 aromatic heterocycles. The Morgan fingerprint density at radius 1 is 1.39 bits per heavy atom. The van der Waals surface area contributed by atoms with Gasteiger partial charge >= 0.3 is 0 Å². The van der Waals surface area contributed by atoms with Crippen LogP contribution in [0.25, 0.3) is 5.57 Å². The van der Waals surface area contributed by atoms with Crippen LogP contribution in [0.5, 0.6) is 0 Å². The van der Waals surface area contributed by atoms with Gasteiger partial charge in [0.05, 0.1) is 0 Å². The van der Waals surface area contributed by atoms with Gasteiger partial charge in [0.2, 0.25) is 0 Å². The van der Waals surface area contributed by atoms with E-state index in [2.05, 4.69) is 30.6 Å². The van der Waals surface area contributed by atoms with Crippen LogP contribution < -0.4 is 4.90 Å². The number of alkyl halides is 2. The number of nitrogens with zero attached hydrogens (tertiary/aromatic N) is 3. The van der Waals surface area contributed by atoms with Gasteiger partial charge in [-0.05, 0) is 62.4 Å². The first-order valence-corrected chi connectivity index (χ1v) is 7.95. The molecule has 0 bridgehead atoms. The molecule has 0 spiro atoms. The van der Waals surface area contributed by atoms with Crippen molar-refractivity contribution >= 4 is 18.0 Å². The van der Waals surface area contributed by atoms with E-state index in [1.54, 1.807) is 19.3 Å². The highest BCUT2D eigenvalue weighted by atomic mass is 19.3. The number of aryl methyl sites for hydroxylation is 1. The Morgan fingerprint density at radius 3 is 2.65 bits per heavy atom. The molecule has 1 aliphatic heterocycles. The molecule has 0 amide bonds. The van der Waals surface area contributed by atoms with Crippen LogP contribution in [0.1, 0.15) is 50.3 Å². The normalized spacial score (nSPS) is 15.1. The first kappa shape index (κ1) is 17.4.